The maximum absolute atomic E-state index is 13.2. The minimum Gasteiger partial charge on any atom is -0.309 e. The zero-order valence-corrected chi connectivity index (χ0v) is 12.7. The Labute approximate surface area is 121 Å². The molecule has 0 spiro atoms. The smallest absolute Gasteiger partial charge is 0.225 e. The fraction of sp³-hybridized carbons (Fsp3) is 0.429. The zero-order valence-electron chi connectivity index (χ0n) is 11.9. The van der Waals surface area contributed by atoms with E-state index in [-0.39, 0.29) is 11.7 Å². The molecule has 0 saturated carbocycles. The Morgan fingerprint density at radius 1 is 1.35 bits per heavy atom. The van der Waals surface area contributed by atoms with Crippen molar-refractivity contribution in [1.29, 1.82) is 0 Å². The molecule has 1 aromatic heterocycles. The van der Waals surface area contributed by atoms with E-state index in [1.54, 1.807) is 11.0 Å². The van der Waals surface area contributed by atoms with Crippen molar-refractivity contribution in [3.05, 3.63) is 24.0 Å². The van der Waals surface area contributed by atoms with E-state index in [1.165, 1.54) is 30.4 Å². The van der Waals surface area contributed by atoms with E-state index < -0.39 is 0 Å². The van der Waals surface area contributed by atoms with Gasteiger partial charge in [0.15, 0.2) is 5.13 Å². The number of carbonyl (C=O) groups is 1. The lowest BCUT2D eigenvalue weighted by Gasteiger charge is -2.19. The first kappa shape index (κ1) is 14.9. The number of benzene rings is 1. The van der Waals surface area contributed by atoms with Gasteiger partial charge in [0, 0.05) is 13.5 Å². The van der Waals surface area contributed by atoms with Crippen LogP contribution in [-0.2, 0) is 4.79 Å². The van der Waals surface area contributed by atoms with Gasteiger partial charge in [-0.1, -0.05) is 11.3 Å². The first-order chi connectivity index (χ1) is 9.47. The van der Waals surface area contributed by atoms with E-state index >= 15 is 0 Å². The molecule has 0 aliphatic carbocycles. The van der Waals surface area contributed by atoms with Crippen LogP contribution in [0, 0.1) is 5.82 Å². The topological polar surface area (TPSA) is 36.4 Å². The van der Waals surface area contributed by atoms with Crippen molar-refractivity contribution >= 4 is 32.6 Å². The van der Waals surface area contributed by atoms with Crippen LogP contribution in [0.2, 0.25) is 0 Å². The number of hydrogen-bond acceptors (Lipinski definition) is 4. The second-order valence-corrected chi connectivity index (χ2v) is 5.95. The van der Waals surface area contributed by atoms with Crippen LogP contribution in [0.15, 0.2) is 18.2 Å². The molecule has 108 valence electrons. The number of rotatable bonds is 5. The van der Waals surface area contributed by atoms with Crippen LogP contribution in [0.5, 0.6) is 0 Å². The normalized spacial score (nSPS) is 11.2. The van der Waals surface area contributed by atoms with Crippen LogP contribution in [0.1, 0.15) is 13.3 Å². The van der Waals surface area contributed by atoms with Gasteiger partial charge in [-0.2, -0.15) is 0 Å². The number of anilines is 1. The van der Waals surface area contributed by atoms with Gasteiger partial charge in [0.05, 0.1) is 10.2 Å². The predicted molar refractivity (Wildman–Crippen MR) is 80.8 cm³/mol. The summed E-state index contributed by atoms with van der Waals surface area (Å²) in [5.74, 6) is -0.321. The number of aromatic nitrogens is 1. The molecule has 0 radical (unpaired) electrons. The molecule has 0 saturated heterocycles. The highest BCUT2D eigenvalue weighted by Gasteiger charge is 2.16. The minimum absolute atomic E-state index is 0.0386. The van der Waals surface area contributed by atoms with E-state index in [0.717, 1.165) is 23.2 Å². The molecule has 1 aromatic carbocycles. The first-order valence-electron chi connectivity index (χ1n) is 6.46. The van der Waals surface area contributed by atoms with E-state index in [9.17, 15) is 9.18 Å². The second kappa shape index (κ2) is 6.28. The lowest BCUT2D eigenvalue weighted by Crippen LogP contribution is -2.31. The Hall–Kier alpha value is -1.53. The molecule has 0 bridgehead atoms. The standard InChI is InChI=1S/C14H18FN3OS/c1-10(19)18(8-4-7-17(2)3)14-16-12-6-5-11(15)9-13(12)20-14/h5-6,9H,4,7-8H2,1-3H3. The second-order valence-electron chi connectivity index (χ2n) is 4.94. The van der Waals surface area contributed by atoms with Crippen LogP contribution < -0.4 is 4.90 Å². The van der Waals surface area contributed by atoms with Gasteiger partial charge in [-0.25, -0.2) is 9.37 Å². The summed E-state index contributed by atoms with van der Waals surface area (Å²) in [5.41, 5.74) is 0.727. The third kappa shape index (κ3) is 3.52. The monoisotopic (exact) mass is 295 g/mol. The van der Waals surface area contributed by atoms with Gasteiger partial charge in [-0.15, -0.1) is 0 Å². The van der Waals surface area contributed by atoms with Crippen molar-refractivity contribution in [2.45, 2.75) is 13.3 Å². The Bertz CT molecular complexity index is 611. The molecule has 0 aliphatic rings. The van der Waals surface area contributed by atoms with E-state index in [4.69, 9.17) is 0 Å². The molecular weight excluding hydrogens is 277 g/mol. The third-order valence-electron chi connectivity index (χ3n) is 2.94. The average molecular weight is 295 g/mol. The Morgan fingerprint density at radius 3 is 2.75 bits per heavy atom. The van der Waals surface area contributed by atoms with Crippen molar-refractivity contribution in [2.24, 2.45) is 0 Å². The number of thiazole rings is 1. The van der Waals surface area contributed by atoms with Crippen molar-refractivity contribution in [2.75, 3.05) is 32.1 Å². The fourth-order valence-corrected chi connectivity index (χ4v) is 3.00. The predicted octanol–water partition coefficient (Wildman–Crippen LogP) is 2.74. The highest BCUT2D eigenvalue weighted by Crippen LogP contribution is 2.29. The summed E-state index contributed by atoms with van der Waals surface area (Å²) in [6.45, 7) is 3.06. The van der Waals surface area contributed by atoms with Crippen LogP contribution >= 0.6 is 11.3 Å². The molecule has 2 aromatic rings. The summed E-state index contributed by atoms with van der Waals surface area (Å²) in [6, 6.07) is 4.48. The number of hydrogen-bond donors (Lipinski definition) is 0. The molecule has 0 aliphatic heterocycles. The highest BCUT2D eigenvalue weighted by atomic mass is 32.1. The van der Waals surface area contributed by atoms with Crippen LogP contribution in [0.25, 0.3) is 10.2 Å². The van der Waals surface area contributed by atoms with Gasteiger partial charge >= 0.3 is 0 Å². The van der Waals surface area contributed by atoms with Crippen molar-refractivity contribution in [3.8, 4) is 0 Å². The molecule has 1 amide bonds. The molecule has 4 nitrogen and oxygen atoms in total. The number of nitrogens with zero attached hydrogens (tertiary/aromatic N) is 3. The van der Waals surface area contributed by atoms with Crippen molar-refractivity contribution in [1.82, 2.24) is 9.88 Å². The summed E-state index contributed by atoms with van der Waals surface area (Å²) >= 11 is 1.35. The molecule has 0 fully saturated rings. The summed E-state index contributed by atoms with van der Waals surface area (Å²) < 4.78 is 14.0. The van der Waals surface area contributed by atoms with Crippen LogP contribution in [0.4, 0.5) is 9.52 Å². The molecule has 6 heteroatoms. The first-order valence-corrected chi connectivity index (χ1v) is 7.28. The van der Waals surface area contributed by atoms with Crippen LogP contribution in [-0.4, -0.2) is 43.0 Å². The largest absolute Gasteiger partial charge is 0.309 e. The quantitative estimate of drug-likeness (QED) is 0.851. The van der Waals surface area contributed by atoms with E-state index in [0.29, 0.717) is 11.7 Å². The summed E-state index contributed by atoms with van der Waals surface area (Å²) in [6.07, 6.45) is 0.872. The van der Waals surface area contributed by atoms with Gasteiger partial charge in [-0.3, -0.25) is 9.69 Å². The van der Waals surface area contributed by atoms with Crippen molar-refractivity contribution < 1.29 is 9.18 Å². The van der Waals surface area contributed by atoms with Crippen LogP contribution in [0.3, 0.4) is 0 Å². The lowest BCUT2D eigenvalue weighted by molar-refractivity contribution is -0.116. The fourth-order valence-electron chi connectivity index (χ4n) is 1.93. The molecule has 0 atom stereocenters. The number of fused-ring (bicyclic) bond motifs is 1. The Balaban J connectivity index is 2.20. The summed E-state index contributed by atoms with van der Waals surface area (Å²) in [4.78, 5) is 19.9. The number of carbonyl (C=O) groups excluding carboxylic acids is 1. The molecule has 0 unspecified atom stereocenters. The Kier molecular flexibility index (Phi) is 4.67. The van der Waals surface area contributed by atoms with Gasteiger partial charge in [-0.05, 0) is 45.3 Å². The lowest BCUT2D eigenvalue weighted by atomic mass is 10.3. The highest BCUT2D eigenvalue weighted by molar-refractivity contribution is 7.22. The van der Waals surface area contributed by atoms with Crippen molar-refractivity contribution in [3.63, 3.8) is 0 Å². The van der Waals surface area contributed by atoms with E-state index in [2.05, 4.69) is 9.88 Å². The van der Waals surface area contributed by atoms with E-state index in [1.807, 2.05) is 14.1 Å². The number of halogens is 1. The average Bonchev–Trinajstić information content (AvgIpc) is 2.76. The minimum atomic E-state index is -0.283. The third-order valence-corrected chi connectivity index (χ3v) is 3.98. The maximum atomic E-state index is 13.2. The number of amides is 1. The molecular formula is C14H18FN3OS. The molecule has 20 heavy (non-hydrogen) atoms. The molecule has 2 rings (SSSR count). The molecule has 1 heterocycles. The molecule has 0 N–H and O–H groups in total. The summed E-state index contributed by atoms with van der Waals surface area (Å²) in [5, 5.41) is 0.636. The van der Waals surface area contributed by atoms with Gasteiger partial charge in [0.2, 0.25) is 5.91 Å². The Morgan fingerprint density at radius 2 is 2.10 bits per heavy atom. The maximum Gasteiger partial charge on any atom is 0.225 e. The van der Waals surface area contributed by atoms with Gasteiger partial charge in [0.25, 0.3) is 0 Å². The van der Waals surface area contributed by atoms with Gasteiger partial charge in [0.1, 0.15) is 5.82 Å². The zero-order chi connectivity index (χ0) is 14.7. The SMILES string of the molecule is CC(=O)N(CCCN(C)C)c1nc2ccc(F)cc2s1. The van der Waals surface area contributed by atoms with Gasteiger partial charge < -0.3 is 4.90 Å². The summed E-state index contributed by atoms with van der Waals surface area (Å²) in [7, 11) is 4.00.